The number of hydrogen-bond acceptors (Lipinski definition) is 3. The summed E-state index contributed by atoms with van der Waals surface area (Å²) in [5.74, 6) is 6.39. The minimum absolute atomic E-state index is 0.00586. The Balaban J connectivity index is 3.09. The van der Waals surface area contributed by atoms with E-state index in [4.69, 9.17) is 5.84 Å². The van der Waals surface area contributed by atoms with Gasteiger partial charge in [0.05, 0.1) is 6.04 Å². The smallest absolute Gasteiger partial charge is 0.0640 e. The summed E-state index contributed by atoms with van der Waals surface area (Å²) in [6.45, 7) is 8.87. The molecule has 3 nitrogen and oxygen atoms in total. The highest BCUT2D eigenvalue weighted by atomic mass is 15.3. The topological polar surface area (TPSA) is 41.3 Å². The van der Waals surface area contributed by atoms with Crippen molar-refractivity contribution in [3.63, 3.8) is 0 Å². The Hall–Kier alpha value is -0.900. The van der Waals surface area contributed by atoms with Crippen LogP contribution >= 0.6 is 0 Å². The number of rotatable bonds is 6. The molecule has 0 heterocycles. The van der Waals surface area contributed by atoms with Crippen molar-refractivity contribution in [1.29, 1.82) is 0 Å². The summed E-state index contributed by atoms with van der Waals surface area (Å²) in [6.07, 6.45) is 1.03. The number of nitrogens with zero attached hydrogens (tertiary/aromatic N) is 1. The highest BCUT2D eigenvalue weighted by Crippen LogP contribution is 2.32. The van der Waals surface area contributed by atoms with Gasteiger partial charge in [-0.25, -0.2) is 0 Å². The average molecular weight is 263 g/mol. The summed E-state index contributed by atoms with van der Waals surface area (Å²) in [7, 11) is 4.21. The molecule has 0 aliphatic rings. The predicted molar refractivity (Wildman–Crippen MR) is 83.0 cm³/mol. The Bertz CT molecular complexity index is 383. The van der Waals surface area contributed by atoms with Crippen LogP contribution in [0.4, 0.5) is 0 Å². The lowest BCUT2D eigenvalue weighted by molar-refractivity contribution is 0.113. The van der Waals surface area contributed by atoms with Crippen molar-refractivity contribution in [3.8, 4) is 0 Å². The maximum absolute atomic E-state index is 5.83. The molecule has 0 saturated heterocycles. The van der Waals surface area contributed by atoms with Gasteiger partial charge in [-0.3, -0.25) is 11.3 Å². The molecule has 2 atom stereocenters. The largest absolute Gasteiger partial charge is 0.302 e. The lowest BCUT2D eigenvalue weighted by Gasteiger charge is -2.42. The first kappa shape index (κ1) is 16.2. The van der Waals surface area contributed by atoms with Gasteiger partial charge in [-0.1, -0.05) is 45.0 Å². The molecule has 1 aromatic carbocycles. The number of benzene rings is 1. The third-order valence-corrected chi connectivity index (χ3v) is 4.46. The first-order valence-corrected chi connectivity index (χ1v) is 7.10. The van der Waals surface area contributed by atoms with Crippen LogP contribution in [-0.2, 0) is 0 Å². The molecule has 0 amide bonds. The van der Waals surface area contributed by atoms with Gasteiger partial charge in [0.2, 0.25) is 0 Å². The fourth-order valence-corrected chi connectivity index (χ4v) is 2.49. The molecule has 1 aromatic rings. The van der Waals surface area contributed by atoms with Gasteiger partial charge in [0.25, 0.3) is 0 Å². The Kier molecular flexibility index (Phi) is 5.53. The lowest BCUT2D eigenvalue weighted by atomic mass is 9.83. The molecule has 1 rings (SSSR count). The highest BCUT2D eigenvalue weighted by molar-refractivity contribution is 5.29. The molecule has 0 aliphatic heterocycles. The fraction of sp³-hybridized carbons (Fsp3) is 0.625. The van der Waals surface area contributed by atoms with E-state index in [0.717, 1.165) is 6.42 Å². The predicted octanol–water partition coefficient (Wildman–Crippen LogP) is 3.04. The van der Waals surface area contributed by atoms with Crippen LogP contribution in [0.15, 0.2) is 24.3 Å². The van der Waals surface area contributed by atoms with Gasteiger partial charge in [0.15, 0.2) is 0 Å². The molecular weight excluding hydrogens is 234 g/mol. The van der Waals surface area contributed by atoms with Gasteiger partial charge in [0, 0.05) is 5.54 Å². The summed E-state index contributed by atoms with van der Waals surface area (Å²) < 4.78 is 0. The molecule has 0 saturated carbocycles. The molecule has 0 radical (unpaired) electrons. The first-order valence-electron chi connectivity index (χ1n) is 7.10. The highest BCUT2D eigenvalue weighted by Gasteiger charge is 2.35. The summed E-state index contributed by atoms with van der Waals surface area (Å²) in [5, 5.41) is 0. The van der Waals surface area contributed by atoms with Crippen molar-refractivity contribution in [3.05, 3.63) is 35.4 Å². The third-order valence-electron chi connectivity index (χ3n) is 4.46. The molecule has 0 fully saturated rings. The zero-order valence-electron chi connectivity index (χ0n) is 13.2. The average Bonchev–Trinajstić information content (AvgIpc) is 2.39. The Labute approximate surface area is 118 Å². The van der Waals surface area contributed by atoms with Crippen LogP contribution in [0, 0.1) is 0 Å². The van der Waals surface area contributed by atoms with E-state index in [2.05, 4.69) is 76.4 Å². The SMILES string of the molecule is CCC(C)(C(NN)c1ccc(C(C)C)cc1)N(C)C. The second kappa shape index (κ2) is 6.51. The van der Waals surface area contributed by atoms with Crippen molar-refractivity contribution in [2.45, 2.75) is 51.6 Å². The number of likely N-dealkylation sites (N-methyl/N-ethyl adjacent to an activating group) is 1. The molecule has 3 N–H and O–H groups in total. The molecule has 3 heteroatoms. The van der Waals surface area contributed by atoms with Gasteiger partial charge >= 0.3 is 0 Å². The summed E-state index contributed by atoms with van der Waals surface area (Å²) >= 11 is 0. The van der Waals surface area contributed by atoms with E-state index in [1.54, 1.807) is 0 Å². The Morgan fingerprint density at radius 2 is 1.63 bits per heavy atom. The van der Waals surface area contributed by atoms with Crippen LogP contribution in [-0.4, -0.2) is 24.5 Å². The van der Waals surface area contributed by atoms with Crippen molar-refractivity contribution in [2.24, 2.45) is 5.84 Å². The normalized spacial score (nSPS) is 16.7. The van der Waals surface area contributed by atoms with E-state index in [9.17, 15) is 0 Å². The molecule has 0 spiro atoms. The number of nitrogens with one attached hydrogen (secondary N) is 1. The van der Waals surface area contributed by atoms with Crippen LogP contribution in [0.1, 0.15) is 57.2 Å². The molecule has 19 heavy (non-hydrogen) atoms. The first-order chi connectivity index (χ1) is 8.86. The zero-order chi connectivity index (χ0) is 14.6. The molecule has 0 bridgehead atoms. The zero-order valence-corrected chi connectivity index (χ0v) is 13.2. The minimum Gasteiger partial charge on any atom is -0.302 e. The van der Waals surface area contributed by atoms with Crippen molar-refractivity contribution in [1.82, 2.24) is 10.3 Å². The van der Waals surface area contributed by atoms with Crippen molar-refractivity contribution < 1.29 is 0 Å². The van der Waals surface area contributed by atoms with E-state index in [1.165, 1.54) is 11.1 Å². The molecule has 2 unspecified atom stereocenters. The van der Waals surface area contributed by atoms with Crippen LogP contribution < -0.4 is 11.3 Å². The quantitative estimate of drug-likeness (QED) is 0.612. The van der Waals surface area contributed by atoms with Crippen molar-refractivity contribution >= 4 is 0 Å². The van der Waals surface area contributed by atoms with Crippen LogP contribution in [0.3, 0.4) is 0 Å². The van der Waals surface area contributed by atoms with Crippen LogP contribution in [0.5, 0.6) is 0 Å². The molecular formula is C16H29N3. The third kappa shape index (κ3) is 3.35. The van der Waals surface area contributed by atoms with Gasteiger partial charge < -0.3 is 4.90 Å². The summed E-state index contributed by atoms with van der Waals surface area (Å²) in [6, 6.07) is 8.91. The number of hydrogen-bond donors (Lipinski definition) is 2. The van der Waals surface area contributed by atoms with Crippen molar-refractivity contribution in [2.75, 3.05) is 14.1 Å². The van der Waals surface area contributed by atoms with Gasteiger partial charge in [-0.2, -0.15) is 0 Å². The maximum Gasteiger partial charge on any atom is 0.0640 e. The lowest BCUT2D eigenvalue weighted by Crippen LogP contribution is -2.52. The van der Waals surface area contributed by atoms with E-state index in [-0.39, 0.29) is 11.6 Å². The Morgan fingerprint density at radius 1 is 1.16 bits per heavy atom. The number of hydrazine groups is 1. The van der Waals surface area contributed by atoms with E-state index >= 15 is 0 Å². The van der Waals surface area contributed by atoms with E-state index in [0.29, 0.717) is 5.92 Å². The number of nitrogens with two attached hydrogens (primary N) is 1. The maximum atomic E-state index is 5.83. The van der Waals surface area contributed by atoms with E-state index in [1.807, 2.05) is 0 Å². The minimum atomic E-state index is -0.00586. The monoisotopic (exact) mass is 263 g/mol. The van der Waals surface area contributed by atoms with Gasteiger partial charge in [-0.15, -0.1) is 0 Å². The summed E-state index contributed by atoms with van der Waals surface area (Å²) in [5.41, 5.74) is 5.60. The van der Waals surface area contributed by atoms with E-state index < -0.39 is 0 Å². The fourth-order valence-electron chi connectivity index (χ4n) is 2.49. The van der Waals surface area contributed by atoms with Crippen LogP contribution in [0.25, 0.3) is 0 Å². The standard InChI is InChI=1S/C16H29N3/c1-7-16(4,19(5)6)15(18-17)14-10-8-13(9-11-14)12(2)3/h8-12,15,18H,7,17H2,1-6H3. The second-order valence-electron chi connectivity index (χ2n) is 6.03. The van der Waals surface area contributed by atoms with Gasteiger partial charge in [0.1, 0.15) is 0 Å². The second-order valence-corrected chi connectivity index (χ2v) is 6.03. The Morgan fingerprint density at radius 3 is 1.95 bits per heavy atom. The molecule has 108 valence electrons. The van der Waals surface area contributed by atoms with Crippen LogP contribution in [0.2, 0.25) is 0 Å². The molecule has 0 aliphatic carbocycles. The van der Waals surface area contributed by atoms with Gasteiger partial charge in [-0.05, 0) is 44.5 Å². The molecule has 0 aromatic heterocycles. The summed E-state index contributed by atoms with van der Waals surface area (Å²) in [4.78, 5) is 2.24.